The second kappa shape index (κ2) is 51.9. The normalized spacial score (nSPS) is 13.0. The predicted octanol–water partition coefficient (Wildman–Crippen LogP) is 15.6. The Hall–Kier alpha value is -2.49. The molecular formula is C60H111NO8. The molecule has 404 valence electrons. The van der Waals surface area contributed by atoms with Gasteiger partial charge in [-0.25, -0.2) is 0 Å². The molecule has 0 aromatic heterocycles. The third-order valence-electron chi connectivity index (χ3n) is 12.9. The van der Waals surface area contributed by atoms with Crippen LogP contribution >= 0.6 is 0 Å². The summed E-state index contributed by atoms with van der Waals surface area (Å²) in [6.45, 7) is 4.74. The third-order valence-corrected chi connectivity index (χ3v) is 12.9. The number of hydrogen-bond donors (Lipinski definition) is 0. The monoisotopic (exact) mass is 974 g/mol. The van der Waals surface area contributed by atoms with Crippen LogP contribution in [0, 0.1) is 0 Å². The number of carboxylic acids is 1. The maximum atomic E-state index is 12.8. The molecule has 0 aliphatic carbocycles. The summed E-state index contributed by atoms with van der Waals surface area (Å²) >= 11 is 0. The van der Waals surface area contributed by atoms with Crippen LogP contribution in [0.1, 0.15) is 271 Å². The van der Waals surface area contributed by atoms with Gasteiger partial charge in [0, 0.05) is 12.8 Å². The highest BCUT2D eigenvalue weighted by molar-refractivity contribution is 5.70. The first-order chi connectivity index (χ1) is 33.6. The van der Waals surface area contributed by atoms with Crippen LogP contribution in [0.25, 0.3) is 0 Å². The average molecular weight is 975 g/mol. The van der Waals surface area contributed by atoms with Gasteiger partial charge in [0.1, 0.15) is 13.2 Å². The van der Waals surface area contributed by atoms with E-state index >= 15 is 0 Å². The topological polar surface area (TPSA) is 111 Å². The lowest BCUT2D eigenvalue weighted by Gasteiger charge is -2.26. The minimum absolute atomic E-state index is 0.146. The van der Waals surface area contributed by atoms with Gasteiger partial charge >= 0.3 is 11.9 Å². The number of nitrogens with zero attached hydrogens (tertiary/aromatic N) is 1. The highest BCUT2D eigenvalue weighted by atomic mass is 16.7. The Morgan fingerprint density at radius 1 is 0.435 bits per heavy atom. The van der Waals surface area contributed by atoms with Crippen LogP contribution in [0.2, 0.25) is 0 Å². The van der Waals surface area contributed by atoms with Gasteiger partial charge in [0.15, 0.2) is 12.4 Å². The molecule has 0 heterocycles. The van der Waals surface area contributed by atoms with E-state index in [1.807, 2.05) is 21.1 Å². The standard InChI is InChI=1S/C60H111NO8/c1-6-8-10-12-14-16-18-20-22-24-26-27-28-29-30-31-33-34-36-38-40-42-44-46-48-50-57(62)67-54-56(55-68-60(59(64)65)66-53-52-61(3,4)5)69-58(63)51-49-47-45-43-41-39-37-35-32-25-23-21-19-17-15-13-11-9-7-2/h15,17,21,23,32,35,56,60H,6-14,16,18-20,22,24-31,33-34,36-55H2,1-5H3/b17-15-,23-21-,35-32-. The number of hydrogen-bond acceptors (Lipinski definition) is 8. The first kappa shape index (κ1) is 66.5. The lowest BCUT2D eigenvalue weighted by Crippen LogP contribution is -2.44. The summed E-state index contributed by atoms with van der Waals surface area (Å²) in [4.78, 5) is 37.3. The fraction of sp³-hybridized carbons (Fsp3) is 0.850. The molecule has 0 rings (SSSR count). The molecule has 2 atom stereocenters. The molecular weight excluding hydrogens is 863 g/mol. The summed E-state index contributed by atoms with van der Waals surface area (Å²) in [5.74, 6) is -2.29. The van der Waals surface area contributed by atoms with E-state index < -0.39 is 24.3 Å². The van der Waals surface area contributed by atoms with Crippen molar-refractivity contribution in [1.29, 1.82) is 0 Å². The molecule has 0 saturated heterocycles. The number of carboxylic acid groups (broad SMARTS) is 1. The highest BCUT2D eigenvalue weighted by Crippen LogP contribution is 2.17. The minimum atomic E-state index is -1.62. The second-order valence-corrected chi connectivity index (χ2v) is 20.9. The van der Waals surface area contributed by atoms with Crippen LogP contribution in [-0.4, -0.2) is 82.3 Å². The molecule has 0 aliphatic rings. The van der Waals surface area contributed by atoms with Gasteiger partial charge in [0.05, 0.1) is 40.3 Å². The van der Waals surface area contributed by atoms with Crippen molar-refractivity contribution in [3.63, 3.8) is 0 Å². The summed E-state index contributed by atoms with van der Waals surface area (Å²) in [5, 5.41) is 11.8. The number of aliphatic carboxylic acids is 1. The molecule has 0 spiro atoms. The Labute approximate surface area is 426 Å². The Balaban J connectivity index is 4.21. The lowest BCUT2D eigenvalue weighted by atomic mass is 10.0. The van der Waals surface area contributed by atoms with E-state index in [9.17, 15) is 19.5 Å². The Morgan fingerprint density at radius 2 is 0.783 bits per heavy atom. The van der Waals surface area contributed by atoms with Crippen LogP contribution in [0.4, 0.5) is 0 Å². The molecule has 0 fully saturated rings. The van der Waals surface area contributed by atoms with E-state index in [0.29, 0.717) is 23.9 Å². The third kappa shape index (κ3) is 53.1. The minimum Gasteiger partial charge on any atom is -0.545 e. The van der Waals surface area contributed by atoms with Gasteiger partial charge in [-0.05, 0) is 51.4 Å². The zero-order valence-corrected chi connectivity index (χ0v) is 45.9. The van der Waals surface area contributed by atoms with Crippen molar-refractivity contribution in [3.05, 3.63) is 36.5 Å². The highest BCUT2D eigenvalue weighted by Gasteiger charge is 2.22. The molecule has 0 amide bonds. The summed E-state index contributed by atoms with van der Waals surface area (Å²) in [6, 6.07) is 0. The number of unbranched alkanes of at least 4 members (excludes halogenated alkanes) is 33. The van der Waals surface area contributed by atoms with Crippen molar-refractivity contribution in [2.45, 2.75) is 283 Å². The zero-order chi connectivity index (χ0) is 50.6. The van der Waals surface area contributed by atoms with Crippen LogP contribution in [0.15, 0.2) is 36.5 Å². The maximum Gasteiger partial charge on any atom is 0.306 e. The summed E-state index contributed by atoms with van der Waals surface area (Å²) in [7, 11) is 5.92. The van der Waals surface area contributed by atoms with E-state index in [-0.39, 0.29) is 32.2 Å². The van der Waals surface area contributed by atoms with E-state index in [2.05, 4.69) is 50.3 Å². The molecule has 9 heteroatoms. The fourth-order valence-electron chi connectivity index (χ4n) is 8.37. The number of rotatable bonds is 54. The molecule has 0 aliphatic heterocycles. The van der Waals surface area contributed by atoms with Gasteiger partial charge in [-0.15, -0.1) is 0 Å². The molecule has 0 aromatic carbocycles. The smallest absolute Gasteiger partial charge is 0.306 e. The Kier molecular flexibility index (Phi) is 50.0. The summed E-state index contributed by atoms with van der Waals surface area (Å²) in [6.07, 6.45) is 59.1. The van der Waals surface area contributed by atoms with Crippen molar-refractivity contribution in [2.75, 3.05) is 47.5 Å². The largest absolute Gasteiger partial charge is 0.545 e. The number of carbonyl (C=O) groups excluding carboxylic acids is 3. The van der Waals surface area contributed by atoms with E-state index in [1.54, 1.807) is 0 Å². The van der Waals surface area contributed by atoms with E-state index in [4.69, 9.17) is 18.9 Å². The number of allylic oxidation sites excluding steroid dienone is 6. The molecule has 0 aromatic rings. The fourth-order valence-corrected chi connectivity index (χ4v) is 8.37. The van der Waals surface area contributed by atoms with E-state index in [0.717, 1.165) is 70.6 Å². The van der Waals surface area contributed by atoms with Gasteiger partial charge in [-0.3, -0.25) is 9.59 Å². The summed E-state index contributed by atoms with van der Waals surface area (Å²) in [5.41, 5.74) is 0. The van der Waals surface area contributed by atoms with E-state index in [1.165, 1.54) is 167 Å². The lowest BCUT2D eigenvalue weighted by molar-refractivity contribution is -0.870. The molecule has 69 heavy (non-hydrogen) atoms. The first-order valence-corrected chi connectivity index (χ1v) is 29.1. The first-order valence-electron chi connectivity index (χ1n) is 29.1. The number of ether oxygens (including phenoxy) is 4. The molecule has 0 radical (unpaired) electrons. The van der Waals surface area contributed by atoms with Crippen LogP contribution in [-0.2, 0) is 33.3 Å². The Bertz CT molecular complexity index is 1230. The van der Waals surface area contributed by atoms with Crippen molar-refractivity contribution in [1.82, 2.24) is 0 Å². The van der Waals surface area contributed by atoms with Crippen LogP contribution in [0.3, 0.4) is 0 Å². The van der Waals surface area contributed by atoms with Gasteiger partial charge in [-0.2, -0.15) is 0 Å². The number of quaternary nitrogens is 1. The van der Waals surface area contributed by atoms with Crippen LogP contribution in [0.5, 0.6) is 0 Å². The van der Waals surface area contributed by atoms with Gasteiger partial charge in [-0.1, -0.05) is 243 Å². The number of esters is 2. The molecule has 0 N–H and O–H groups in total. The zero-order valence-electron chi connectivity index (χ0n) is 45.9. The quantitative estimate of drug-likeness (QED) is 0.0195. The average Bonchev–Trinajstić information content (AvgIpc) is 3.31. The van der Waals surface area contributed by atoms with Crippen molar-refractivity contribution < 1.29 is 42.9 Å². The number of carbonyl (C=O) groups is 3. The molecule has 0 bridgehead atoms. The van der Waals surface area contributed by atoms with Crippen molar-refractivity contribution >= 4 is 17.9 Å². The maximum absolute atomic E-state index is 12.8. The second-order valence-electron chi connectivity index (χ2n) is 20.9. The Morgan fingerprint density at radius 3 is 1.19 bits per heavy atom. The van der Waals surface area contributed by atoms with Crippen molar-refractivity contribution in [2.24, 2.45) is 0 Å². The van der Waals surface area contributed by atoms with Gasteiger partial charge in [0.25, 0.3) is 0 Å². The van der Waals surface area contributed by atoms with Gasteiger partial charge in [0.2, 0.25) is 0 Å². The molecule has 2 unspecified atom stereocenters. The summed E-state index contributed by atoms with van der Waals surface area (Å²) < 4.78 is 22.7. The SMILES string of the molecule is CCCCC/C=C\C/C=C\C/C=C\CCCCCCCCC(=O)OC(COC(=O)CCCCCCCCCCCCCCCCCCCCCCCCCCC)COC(OCC[N+](C)(C)C)C(=O)[O-]. The van der Waals surface area contributed by atoms with Gasteiger partial charge < -0.3 is 33.3 Å². The molecule has 0 saturated carbocycles. The number of likely N-dealkylation sites (N-methyl/N-ethyl adjacent to an activating group) is 1. The molecule has 9 nitrogen and oxygen atoms in total. The van der Waals surface area contributed by atoms with Crippen LogP contribution < -0.4 is 5.11 Å². The van der Waals surface area contributed by atoms with Crippen molar-refractivity contribution in [3.8, 4) is 0 Å². The predicted molar refractivity (Wildman–Crippen MR) is 288 cm³/mol.